The van der Waals surface area contributed by atoms with Gasteiger partial charge in [-0.3, -0.25) is 4.79 Å². The van der Waals surface area contributed by atoms with Crippen LogP contribution in [0.4, 0.5) is 0 Å². The van der Waals surface area contributed by atoms with E-state index in [9.17, 15) is 15.0 Å². The number of aliphatic hydroxyl groups is 2. The smallest absolute Gasteiger partial charge is 0.164 e. The number of Topliss-reactive ketones (excluding diaryl/α,β-unsaturated/α-hetero) is 1. The summed E-state index contributed by atoms with van der Waals surface area (Å²) in [6, 6.07) is 0. The lowest BCUT2D eigenvalue weighted by Crippen LogP contribution is -2.56. The Labute approximate surface area is 149 Å². The third-order valence-corrected chi connectivity index (χ3v) is 9.12. The first-order valence-electron chi connectivity index (χ1n) is 10.0. The summed E-state index contributed by atoms with van der Waals surface area (Å²) in [6.45, 7) is 6.31. The van der Waals surface area contributed by atoms with Gasteiger partial charge in [0.1, 0.15) is 6.10 Å². The predicted molar refractivity (Wildman–Crippen MR) is 92.8 cm³/mol. The molecule has 4 heteroatoms. The van der Waals surface area contributed by atoms with Gasteiger partial charge in [0.15, 0.2) is 11.4 Å². The molecule has 0 bridgehead atoms. The normalized spacial score (nSPS) is 59.2. The van der Waals surface area contributed by atoms with E-state index in [1.807, 2.05) is 0 Å². The molecule has 5 rings (SSSR count). The molecule has 25 heavy (non-hydrogen) atoms. The molecule has 0 amide bonds. The first kappa shape index (κ1) is 16.5. The number of carbonyl (C=O) groups is 1. The summed E-state index contributed by atoms with van der Waals surface area (Å²) in [5.74, 6) is 1.87. The zero-order valence-electron chi connectivity index (χ0n) is 15.5. The first-order valence-corrected chi connectivity index (χ1v) is 10.0. The summed E-state index contributed by atoms with van der Waals surface area (Å²) in [7, 11) is 0. The molecular formula is C21H30O4. The van der Waals surface area contributed by atoms with Gasteiger partial charge in [-0.05, 0) is 74.2 Å². The van der Waals surface area contributed by atoms with Crippen LogP contribution in [0.15, 0.2) is 11.6 Å². The van der Waals surface area contributed by atoms with Gasteiger partial charge in [0.25, 0.3) is 0 Å². The van der Waals surface area contributed by atoms with Crippen LogP contribution in [0.2, 0.25) is 0 Å². The Morgan fingerprint density at radius 3 is 2.68 bits per heavy atom. The van der Waals surface area contributed by atoms with E-state index in [4.69, 9.17) is 4.74 Å². The monoisotopic (exact) mass is 346 g/mol. The van der Waals surface area contributed by atoms with Crippen molar-refractivity contribution in [2.24, 2.45) is 28.6 Å². The molecule has 4 nitrogen and oxygen atoms in total. The number of carbonyl (C=O) groups excluding carboxylic acids is 1. The predicted octanol–water partition coefficient (Wildman–Crippen LogP) is 2.62. The first-order chi connectivity index (χ1) is 11.8. The van der Waals surface area contributed by atoms with Crippen molar-refractivity contribution in [3.63, 3.8) is 0 Å². The average Bonchev–Trinajstić information content (AvgIpc) is 3.24. The molecule has 5 aliphatic rings. The van der Waals surface area contributed by atoms with Crippen LogP contribution in [-0.2, 0) is 9.53 Å². The number of hydrogen-bond acceptors (Lipinski definition) is 4. The van der Waals surface area contributed by atoms with Crippen molar-refractivity contribution in [1.82, 2.24) is 0 Å². The van der Waals surface area contributed by atoms with Gasteiger partial charge in [0.05, 0.1) is 12.2 Å². The summed E-state index contributed by atoms with van der Waals surface area (Å²) >= 11 is 0. The van der Waals surface area contributed by atoms with Gasteiger partial charge in [-0.15, -0.1) is 0 Å². The van der Waals surface area contributed by atoms with Crippen LogP contribution in [-0.4, -0.2) is 39.9 Å². The van der Waals surface area contributed by atoms with E-state index < -0.39 is 17.8 Å². The molecule has 1 aliphatic heterocycles. The Hall–Kier alpha value is -0.710. The highest BCUT2D eigenvalue weighted by atomic mass is 16.6. The van der Waals surface area contributed by atoms with E-state index in [-0.39, 0.29) is 22.7 Å². The third-order valence-electron chi connectivity index (χ3n) is 9.12. The maximum atomic E-state index is 12.4. The highest BCUT2D eigenvalue weighted by Crippen LogP contribution is 2.73. The van der Waals surface area contributed by atoms with Crippen molar-refractivity contribution in [2.45, 2.75) is 83.2 Å². The Bertz CT molecular complexity index is 671. The highest BCUT2D eigenvalue weighted by Gasteiger charge is 2.79. The van der Waals surface area contributed by atoms with E-state index in [1.54, 1.807) is 6.92 Å². The van der Waals surface area contributed by atoms with Crippen LogP contribution in [0.25, 0.3) is 0 Å². The second kappa shape index (κ2) is 4.76. The number of aliphatic hydroxyl groups excluding tert-OH is 2. The summed E-state index contributed by atoms with van der Waals surface area (Å²) in [5.41, 5.74) is 0.548. The van der Waals surface area contributed by atoms with Crippen molar-refractivity contribution in [3.8, 4) is 0 Å². The lowest BCUT2D eigenvalue weighted by Gasteiger charge is -2.58. The van der Waals surface area contributed by atoms with Gasteiger partial charge in [-0.2, -0.15) is 0 Å². The summed E-state index contributed by atoms with van der Waals surface area (Å²) < 4.78 is 5.98. The molecule has 4 fully saturated rings. The number of fused-ring (bicyclic) bond motifs is 7. The number of rotatable bonds is 1. The Kier molecular flexibility index (Phi) is 3.14. The third kappa shape index (κ3) is 1.72. The fraction of sp³-hybridized carbons (Fsp3) is 0.857. The van der Waals surface area contributed by atoms with Crippen LogP contribution < -0.4 is 0 Å². The second-order valence-electron chi connectivity index (χ2n) is 9.83. The van der Waals surface area contributed by atoms with Crippen LogP contribution in [0.1, 0.15) is 59.3 Å². The van der Waals surface area contributed by atoms with Gasteiger partial charge in [-0.1, -0.05) is 19.9 Å². The summed E-state index contributed by atoms with van der Waals surface area (Å²) in [4.78, 5) is 12.4. The SMILES string of the molecule is CC(=O)[C@@]12O[C@@H]1CC1C3CC=C4C(O)C(O)CCC4(C)C3CCC12C. The molecule has 0 radical (unpaired) electrons. The minimum absolute atomic E-state index is 0.0000815. The maximum Gasteiger partial charge on any atom is 0.164 e. The van der Waals surface area contributed by atoms with Crippen molar-refractivity contribution < 1.29 is 19.7 Å². The van der Waals surface area contributed by atoms with Crippen molar-refractivity contribution >= 4 is 5.78 Å². The summed E-state index contributed by atoms with van der Waals surface area (Å²) in [6.07, 6.45) is 6.82. The molecule has 1 saturated heterocycles. The summed E-state index contributed by atoms with van der Waals surface area (Å²) in [5, 5.41) is 20.7. The molecule has 7 unspecified atom stereocenters. The Morgan fingerprint density at radius 2 is 1.96 bits per heavy atom. The van der Waals surface area contributed by atoms with Crippen LogP contribution in [0, 0.1) is 28.6 Å². The lowest BCUT2D eigenvalue weighted by molar-refractivity contribution is -0.136. The van der Waals surface area contributed by atoms with E-state index >= 15 is 0 Å². The van der Waals surface area contributed by atoms with Gasteiger partial charge in [0.2, 0.25) is 0 Å². The van der Waals surface area contributed by atoms with E-state index in [2.05, 4.69) is 19.9 Å². The number of ketones is 1. The van der Waals surface area contributed by atoms with Crippen molar-refractivity contribution in [1.29, 1.82) is 0 Å². The lowest BCUT2D eigenvalue weighted by atomic mass is 9.46. The fourth-order valence-electron chi connectivity index (χ4n) is 7.78. The number of allylic oxidation sites excluding steroid dienone is 1. The Balaban J connectivity index is 1.52. The molecule has 3 saturated carbocycles. The van der Waals surface area contributed by atoms with Gasteiger partial charge in [0, 0.05) is 5.41 Å². The largest absolute Gasteiger partial charge is 0.390 e. The van der Waals surface area contributed by atoms with Gasteiger partial charge in [-0.25, -0.2) is 0 Å². The fourth-order valence-corrected chi connectivity index (χ4v) is 7.78. The second-order valence-corrected chi connectivity index (χ2v) is 9.83. The van der Waals surface area contributed by atoms with Gasteiger partial charge >= 0.3 is 0 Å². The number of epoxide rings is 1. The van der Waals surface area contributed by atoms with E-state index in [0.717, 1.165) is 37.7 Å². The molecule has 0 spiro atoms. The molecule has 2 N–H and O–H groups in total. The van der Waals surface area contributed by atoms with Crippen LogP contribution in [0.3, 0.4) is 0 Å². The molecule has 0 aromatic carbocycles. The molecule has 1 heterocycles. The zero-order chi connectivity index (χ0) is 17.8. The van der Waals surface area contributed by atoms with Crippen molar-refractivity contribution in [3.05, 3.63) is 11.6 Å². The molecule has 9 atom stereocenters. The van der Waals surface area contributed by atoms with Crippen LogP contribution in [0.5, 0.6) is 0 Å². The number of ether oxygens (including phenoxy) is 1. The van der Waals surface area contributed by atoms with E-state index in [1.165, 1.54) is 0 Å². The molecular weight excluding hydrogens is 316 g/mol. The molecule has 4 aliphatic carbocycles. The van der Waals surface area contributed by atoms with Gasteiger partial charge < -0.3 is 14.9 Å². The Morgan fingerprint density at radius 1 is 1.20 bits per heavy atom. The molecule has 0 aromatic heterocycles. The maximum absolute atomic E-state index is 12.4. The molecule has 0 aromatic rings. The average molecular weight is 346 g/mol. The van der Waals surface area contributed by atoms with Crippen LogP contribution >= 0.6 is 0 Å². The van der Waals surface area contributed by atoms with E-state index in [0.29, 0.717) is 24.2 Å². The minimum Gasteiger partial charge on any atom is -0.390 e. The van der Waals surface area contributed by atoms with Crippen molar-refractivity contribution in [2.75, 3.05) is 0 Å². The quantitative estimate of drug-likeness (QED) is 0.566. The topological polar surface area (TPSA) is 70.1 Å². The highest BCUT2D eigenvalue weighted by molar-refractivity contribution is 5.90. The molecule has 138 valence electrons. The number of hydrogen-bond donors (Lipinski definition) is 2. The zero-order valence-corrected chi connectivity index (χ0v) is 15.5. The standard InChI is InChI=1S/C21H30O4/c1-11(22)21-17(25-21)10-15-12-4-5-14-18(24)16(23)7-8-19(14,2)13(12)6-9-20(15,21)3/h5,12-13,15-18,23-24H,4,6-10H2,1-3H3/t12?,13?,15?,16?,17-,18?,19?,20?,21-/m1/s1. The minimum atomic E-state index is -0.697.